The van der Waals surface area contributed by atoms with Gasteiger partial charge in [-0.1, -0.05) is 0 Å². The van der Waals surface area contributed by atoms with E-state index in [4.69, 9.17) is 15.6 Å². The molecule has 5 atom stereocenters. The lowest BCUT2D eigenvalue weighted by Crippen LogP contribution is -2.51. The Balaban J connectivity index is 1.98. The molecule has 0 aromatic heterocycles. The number of hydrogen-bond donors (Lipinski definition) is 6. The number of hydrazine groups is 1. The summed E-state index contributed by atoms with van der Waals surface area (Å²) in [6.07, 6.45) is -4.77. The number of carbonyl (C=O) groups excluding carboxylic acids is 1. The molecular formula is C8H16N4O5. The Morgan fingerprint density at radius 3 is 2.65 bits per heavy atom. The summed E-state index contributed by atoms with van der Waals surface area (Å²) in [6, 6.07) is 0. The van der Waals surface area contributed by atoms with E-state index in [1.807, 2.05) is 0 Å². The maximum atomic E-state index is 10.9. The minimum absolute atomic E-state index is 0.222. The fourth-order valence-corrected chi connectivity index (χ4v) is 1.91. The second kappa shape index (κ2) is 4.82. The molecule has 0 aromatic carbocycles. The maximum Gasteiger partial charge on any atom is 0.250 e. The lowest BCUT2D eigenvalue weighted by molar-refractivity contribution is -0.124. The van der Waals surface area contributed by atoms with E-state index in [0.29, 0.717) is 0 Å². The van der Waals surface area contributed by atoms with Gasteiger partial charge in [0.2, 0.25) is 0 Å². The monoisotopic (exact) mass is 248 g/mol. The first-order chi connectivity index (χ1) is 8.04. The zero-order valence-electron chi connectivity index (χ0n) is 8.98. The number of aliphatic hydroxyl groups is 3. The number of aliphatic hydroxyl groups excluding tert-OH is 3. The summed E-state index contributed by atoms with van der Waals surface area (Å²) in [6.45, 7) is -0.171. The Morgan fingerprint density at radius 1 is 1.47 bits per heavy atom. The smallest absolute Gasteiger partial charge is 0.250 e. The van der Waals surface area contributed by atoms with Gasteiger partial charge in [-0.15, -0.1) is 0 Å². The SMILES string of the molecule is NC(=O)C1NCN([C@@H]2O[C@H](CO)[C@@H](O)[C@H]2O)N1. The third-order valence-electron chi connectivity index (χ3n) is 2.87. The van der Waals surface area contributed by atoms with Crippen molar-refractivity contribution in [2.45, 2.75) is 30.7 Å². The minimum Gasteiger partial charge on any atom is -0.394 e. The molecule has 2 fully saturated rings. The molecule has 0 aliphatic carbocycles. The van der Waals surface area contributed by atoms with Crippen molar-refractivity contribution in [2.75, 3.05) is 13.3 Å². The van der Waals surface area contributed by atoms with Crippen molar-refractivity contribution in [3.63, 3.8) is 0 Å². The quantitative estimate of drug-likeness (QED) is 0.294. The molecule has 9 heteroatoms. The summed E-state index contributed by atoms with van der Waals surface area (Å²) in [5.74, 6) is -0.584. The predicted molar refractivity (Wildman–Crippen MR) is 53.7 cm³/mol. The van der Waals surface area contributed by atoms with Crippen molar-refractivity contribution >= 4 is 5.91 Å². The molecule has 0 saturated carbocycles. The number of rotatable bonds is 3. The van der Waals surface area contributed by atoms with Gasteiger partial charge in [0.15, 0.2) is 12.4 Å². The number of primary amides is 1. The topological polar surface area (TPSA) is 140 Å². The van der Waals surface area contributed by atoms with Crippen LogP contribution in [0.1, 0.15) is 0 Å². The van der Waals surface area contributed by atoms with E-state index in [-0.39, 0.29) is 6.67 Å². The molecule has 2 aliphatic heterocycles. The molecule has 2 aliphatic rings. The number of carbonyl (C=O) groups is 1. The molecule has 0 bridgehead atoms. The Bertz CT molecular complexity index is 304. The highest BCUT2D eigenvalue weighted by Gasteiger charge is 2.47. The summed E-state index contributed by atoms with van der Waals surface area (Å²) < 4.78 is 5.27. The number of nitrogens with zero attached hydrogens (tertiary/aromatic N) is 1. The van der Waals surface area contributed by atoms with Crippen LogP contribution in [0.15, 0.2) is 0 Å². The van der Waals surface area contributed by atoms with Gasteiger partial charge in [0, 0.05) is 0 Å². The summed E-state index contributed by atoms with van der Waals surface area (Å²) >= 11 is 0. The van der Waals surface area contributed by atoms with E-state index in [9.17, 15) is 15.0 Å². The fourth-order valence-electron chi connectivity index (χ4n) is 1.91. The average Bonchev–Trinajstić information content (AvgIpc) is 2.87. The lowest BCUT2D eigenvalue weighted by atomic mass is 10.1. The Hall–Kier alpha value is -0.810. The molecule has 1 amide bonds. The van der Waals surface area contributed by atoms with Crippen LogP contribution in [0.5, 0.6) is 0 Å². The number of nitrogens with one attached hydrogen (secondary N) is 2. The van der Waals surface area contributed by atoms with Crippen molar-refractivity contribution in [3.8, 4) is 0 Å². The Labute approximate surface area is 97.1 Å². The second-order valence-electron chi connectivity index (χ2n) is 4.03. The van der Waals surface area contributed by atoms with Crippen LogP contribution in [0.4, 0.5) is 0 Å². The third kappa shape index (κ3) is 2.26. The highest BCUT2D eigenvalue weighted by Crippen LogP contribution is 2.23. The number of ether oxygens (including phenoxy) is 1. The molecule has 2 rings (SSSR count). The summed E-state index contributed by atoms with van der Waals surface area (Å²) in [5.41, 5.74) is 7.79. The second-order valence-corrected chi connectivity index (χ2v) is 4.03. The number of amides is 1. The number of hydrogen-bond acceptors (Lipinski definition) is 8. The van der Waals surface area contributed by atoms with E-state index >= 15 is 0 Å². The van der Waals surface area contributed by atoms with Crippen molar-refractivity contribution in [1.29, 1.82) is 0 Å². The van der Waals surface area contributed by atoms with Crippen LogP contribution >= 0.6 is 0 Å². The van der Waals surface area contributed by atoms with Crippen LogP contribution in [-0.4, -0.2) is 70.2 Å². The largest absolute Gasteiger partial charge is 0.394 e. The van der Waals surface area contributed by atoms with E-state index in [1.54, 1.807) is 0 Å². The zero-order valence-corrected chi connectivity index (χ0v) is 8.98. The first-order valence-corrected chi connectivity index (χ1v) is 5.22. The molecule has 0 radical (unpaired) electrons. The van der Waals surface area contributed by atoms with Gasteiger partial charge in [0.05, 0.1) is 13.3 Å². The van der Waals surface area contributed by atoms with E-state index in [2.05, 4.69) is 10.7 Å². The van der Waals surface area contributed by atoms with Crippen molar-refractivity contribution < 1.29 is 24.9 Å². The van der Waals surface area contributed by atoms with Crippen LogP contribution in [0.25, 0.3) is 0 Å². The van der Waals surface area contributed by atoms with Crippen LogP contribution in [0.2, 0.25) is 0 Å². The van der Waals surface area contributed by atoms with Crippen LogP contribution in [0, 0.1) is 0 Å². The van der Waals surface area contributed by atoms with Crippen LogP contribution in [0.3, 0.4) is 0 Å². The summed E-state index contributed by atoms with van der Waals surface area (Å²) in [7, 11) is 0. The van der Waals surface area contributed by atoms with Crippen molar-refractivity contribution in [1.82, 2.24) is 15.8 Å². The van der Waals surface area contributed by atoms with Gasteiger partial charge in [-0.25, -0.2) is 5.43 Å². The Kier molecular flexibility index (Phi) is 3.58. The van der Waals surface area contributed by atoms with Crippen molar-refractivity contribution in [2.24, 2.45) is 5.73 Å². The highest BCUT2D eigenvalue weighted by atomic mass is 16.6. The number of nitrogens with two attached hydrogens (primary N) is 1. The summed E-state index contributed by atoms with van der Waals surface area (Å²) in [5, 5.41) is 32.4. The van der Waals surface area contributed by atoms with Crippen LogP contribution in [-0.2, 0) is 9.53 Å². The molecule has 7 N–H and O–H groups in total. The van der Waals surface area contributed by atoms with Crippen LogP contribution < -0.4 is 16.5 Å². The third-order valence-corrected chi connectivity index (χ3v) is 2.87. The molecule has 17 heavy (non-hydrogen) atoms. The maximum absolute atomic E-state index is 10.9. The molecule has 98 valence electrons. The fraction of sp³-hybridized carbons (Fsp3) is 0.875. The van der Waals surface area contributed by atoms with Gasteiger partial charge in [-0.3, -0.25) is 10.1 Å². The zero-order chi connectivity index (χ0) is 12.6. The predicted octanol–water partition coefficient (Wildman–Crippen LogP) is -4.40. The average molecular weight is 248 g/mol. The molecule has 2 saturated heterocycles. The molecule has 2 heterocycles. The first-order valence-electron chi connectivity index (χ1n) is 5.22. The molecule has 0 aromatic rings. The van der Waals surface area contributed by atoms with E-state index in [0.717, 1.165) is 0 Å². The summed E-state index contributed by atoms with van der Waals surface area (Å²) in [4.78, 5) is 10.9. The Morgan fingerprint density at radius 2 is 2.18 bits per heavy atom. The van der Waals surface area contributed by atoms with Gasteiger partial charge < -0.3 is 25.8 Å². The highest BCUT2D eigenvalue weighted by molar-refractivity contribution is 5.79. The molecular weight excluding hydrogens is 232 g/mol. The van der Waals surface area contributed by atoms with E-state index in [1.165, 1.54) is 5.01 Å². The van der Waals surface area contributed by atoms with Gasteiger partial charge in [-0.05, 0) is 0 Å². The van der Waals surface area contributed by atoms with E-state index < -0.39 is 43.2 Å². The lowest BCUT2D eigenvalue weighted by Gasteiger charge is -2.25. The standard InChI is InChI=1S/C8H16N4O5/c9-6(16)7-10-2-12(11-7)8-5(15)4(14)3(1-13)17-8/h3-5,7-8,10-11,13-15H,1-2H2,(H2,9,16)/t3-,4-,5-,7?,8-/m1/s1. The molecule has 1 unspecified atom stereocenters. The minimum atomic E-state index is -1.17. The van der Waals surface area contributed by atoms with Crippen molar-refractivity contribution in [3.05, 3.63) is 0 Å². The normalized spacial score (nSPS) is 43.1. The van der Waals surface area contributed by atoms with Gasteiger partial charge in [0.25, 0.3) is 5.91 Å². The first kappa shape index (κ1) is 12.6. The molecule has 9 nitrogen and oxygen atoms in total. The van der Waals surface area contributed by atoms with Gasteiger partial charge in [-0.2, -0.15) is 5.01 Å². The molecule has 0 spiro atoms. The van der Waals surface area contributed by atoms with Gasteiger partial charge in [0.1, 0.15) is 18.3 Å². The van der Waals surface area contributed by atoms with Gasteiger partial charge >= 0.3 is 0 Å².